The van der Waals surface area contributed by atoms with Crippen LogP contribution in [0.4, 0.5) is 0 Å². The normalized spacial score (nSPS) is 16.8. The number of benzene rings is 1. The Hall–Kier alpha value is -0.450. The molecule has 0 radical (unpaired) electrons. The zero-order chi connectivity index (χ0) is 13.1. The van der Waals surface area contributed by atoms with E-state index in [1.54, 1.807) is 14.2 Å². The average molecular weight is 351 g/mol. The highest BCUT2D eigenvalue weighted by atomic mass is 79.9. The lowest BCUT2D eigenvalue weighted by Crippen LogP contribution is -2.20. The van der Waals surface area contributed by atoms with Gasteiger partial charge in [0.25, 0.3) is 0 Å². The summed E-state index contributed by atoms with van der Waals surface area (Å²) in [4.78, 5) is 0. The maximum atomic E-state index is 6.40. The lowest BCUT2D eigenvalue weighted by Gasteiger charge is -2.22. The molecule has 1 atom stereocenters. The van der Waals surface area contributed by atoms with Crippen LogP contribution in [0.1, 0.15) is 37.3 Å². The predicted molar refractivity (Wildman–Crippen MR) is 83.4 cm³/mol. The first-order valence-corrected chi connectivity index (χ1v) is 7.13. The summed E-state index contributed by atoms with van der Waals surface area (Å²) in [6.07, 6.45) is 4.99. The van der Waals surface area contributed by atoms with Crippen LogP contribution in [0.15, 0.2) is 16.6 Å². The van der Waals surface area contributed by atoms with Crippen LogP contribution in [0.5, 0.6) is 11.5 Å². The molecule has 1 aromatic rings. The third-order valence-corrected chi connectivity index (χ3v) is 4.39. The van der Waals surface area contributed by atoms with Crippen molar-refractivity contribution in [2.75, 3.05) is 14.2 Å². The third kappa shape index (κ3) is 3.56. The Morgan fingerprint density at radius 1 is 1.16 bits per heavy atom. The van der Waals surface area contributed by atoms with Gasteiger partial charge in [-0.3, -0.25) is 0 Å². The number of methoxy groups -OCH3 is 2. The van der Waals surface area contributed by atoms with Gasteiger partial charge in [0.1, 0.15) is 11.5 Å². The molecule has 1 aliphatic carbocycles. The largest absolute Gasteiger partial charge is 0.496 e. The Morgan fingerprint density at radius 3 is 2.26 bits per heavy atom. The highest BCUT2D eigenvalue weighted by Gasteiger charge is 2.26. The molecule has 2 N–H and O–H groups in total. The fraction of sp³-hybridized carbons (Fsp3) is 0.571. The van der Waals surface area contributed by atoms with E-state index < -0.39 is 0 Å². The maximum absolute atomic E-state index is 6.40. The molecule has 19 heavy (non-hydrogen) atoms. The maximum Gasteiger partial charge on any atom is 0.133 e. The van der Waals surface area contributed by atoms with Gasteiger partial charge in [-0.2, -0.15) is 0 Å². The minimum absolute atomic E-state index is 0. The second-order valence-corrected chi connectivity index (χ2v) is 5.65. The summed E-state index contributed by atoms with van der Waals surface area (Å²) < 4.78 is 11.7. The van der Waals surface area contributed by atoms with Crippen LogP contribution >= 0.6 is 28.3 Å². The molecule has 0 unspecified atom stereocenters. The second kappa shape index (κ2) is 7.36. The van der Waals surface area contributed by atoms with E-state index in [1.165, 1.54) is 25.7 Å². The number of rotatable bonds is 4. The lowest BCUT2D eigenvalue weighted by atomic mass is 9.92. The van der Waals surface area contributed by atoms with E-state index in [2.05, 4.69) is 15.9 Å². The number of hydrogen-bond donors (Lipinski definition) is 1. The van der Waals surface area contributed by atoms with Crippen LogP contribution in [0, 0.1) is 5.92 Å². The van der Waals surface area contributed by atoms with Crippen LogP contribution in [0.25, 0.3) is 0 Å². The zero-order valence-electron chi connectivity index (χ0n) is 11.3. The van der Waals surface area contributed by atoms with Crippen molar-refractivity contribution >= 4 is 28.3 Å². The number of nitrogens with two attached hydrogens (primary N) is 1. The van der Waals surface area contributed by atoms with Crippen LogP contribution in [-0.4, -0.2) is 14.2 Å². The molecule has 0 spiro atoms. The topological polar surface area (TPSA) is 44.5 Å². The molecule has 0 amide bonds. The molecule has 1 aromatic carbocycles. The van der Waals surface area contributed by atoms with Crippen molar-refractivity contribution < 1.29 is 9.47 Å². The third-order valence-electron chi connectivity index (χ3n) is 3.77. The summed E-state index contributed by atoms with van der Waals surface area (Å²) in [5.41, 5.74) is 7.45. The molecule has 1 saturated carbocycles. The number of hydrogen-bond acceptors (Lipinski definition) is 3. The van der Waals surface area contributed by atoms with Crippen LogP contribution < -0.4 is 15.2 Å². The first-order chi connectivity index (χ1) is 8.67. The van der Waals surface area contributed by atoms with Gasteiger partial charge in [-0.05, 0) is 46.8 Å². The highest BCUT2D eigenvalue weighted by Crippen LogP contribution is 2.41. The summed E-state index contributed by atoms with van der Waals surface area (Å²) in [5, 5.41) is 0. The Bertz CT molecular complexity index is 422. The van der Waals surface area contributed by atoms with Crippen molar-refractivity contribution in [2.24, 2.45) is 11.7 Å². The smallest absolute Gasteiger partial charge is 0.133 e. The van der Waals surface area contributed by atoms with E-state index in [-0.39, 0.29) is 18.4 Å². The Labute approximate surface area is 129 Å². The van der Waals surface area contributed by atoms with Crippen LogP contribution in [-0.2, 0) is 0 Å². The van der Waals surface area contributed by atoms with Gasteiger partial charge in [0, 0.05) is 11.6 Å². The van der Waals surface area contributed by atoms with Gasteiger partial charge >= 0.3 is 0 Å². The molecule has 108 valence electrons. The fourth-order valence-electron chi connectivity index (χ4n) is 2.72. The quantitative estimate of drug-likeness (QED) is 0.890. The van der Waals surface area contributed by atoms with E-state index in [0.29, 0.717) is 5.92 Å². The monoisotopic (exact) mass is 349 g/mol. The van der Waals surface area contributed by atoms with E-state index in [0.717, 1.165) is 21.5 Å². The van der Waals surface area contributed by atoms with Crippen molar-refractivity contribution in [1.29, 1.82) is 0 Å². The highest BCUT2D eigenvalue weighted by molar-refractivity contribution is 9.10. The number of ether oxygens (including phenoxy) is 2. The predicted octanol–water partition coefficient (Wildman–Crippen LogP) is 4.08. The number of halogens is 2. The second-order valence-electron chi connectivity index (χ2n) is 4.80. The van der Waals surface area contributed by atoms with Gasteiger partial charge in [-0.1, -0.05) is 12.8 Å². The van der Waals surface area contributed by atoms with Gasteiger partial charge in [0.2, 0.25) is 0 Å². The Balaban J connectivity index is 0.00000180. The van der Waals surface area contributed by atoms with E-state index >= 15 is 0 Å². The molecule has 3 nitrogen and oxygen atoms in total. The Kier molecular flexibility index (Phi) is 6.43. The minimum Gasteiger partial charge on any atom is -0.496 e. The molecule has 1 fully saturated rings. The zero-order valence-corrected chi connectivity index (χ0v) is 13.7. The molecule has 0 heterocycles. The van der Waals surface area contributed by atoms with Crippen molar-refractivity contribution in [3.05, 3.63) is 22.2 Å². The van der Waals surface area contributed by atoms with Crippen molar-refractivity contribution in [3.8, 4) is 11.5 Å². The van der Waals surface area contributed by atoms with E-state index in [1.807, 2.05) is 12.1 Å². The first-order valence-electron chi connectivity index (χ1n) is 6.34. The minimum atomic E-state index is 0. The van der Waals surface area contributed by atoms with Gasteiger partial charge in [0.05, 0.1) is 18.7 Å². The van der Waals surface area contributed by atoms with Crippen molar-refractivity contribution in [1.82, 2.24) is 0 Å². The first kappa shape index (κ1) is 16.6. The molecule has 2 rings (SSSR count). The molecular formula is C14H21BrClNO2. The standard InChI is InChI=1S/C14H20BrNO2.ClH/c1-17-12-8-11(15)13(18-2)7-10(12)14(16)9-5-3-4-6-9;/h7-9,14H,3-6,16H2,1-2H3;1H/t14-;/m0./s1. The average Bonchev–Trinajstić information content (AvgIpc) is 2.91. The Morgan fingerprint density at radius 2 is 1.74 bits per heavy atom. The van der Waals surface area contributed by atoms with E-state index in [9.17, 15) is 0 Å². The van der Waals surface area contributed by atoms with Gasteiger partial charge in [-0.25, -0.2) is 0 Å². The molecular weight excluding hydrogens is 330 g/mol. The lowest BCUT2D eigenvalue weighted by molar-refractivity contribution is 0.376. The molecule has 1 aliphatic rings. The van der Waals surface area contributed by atoms with Crippen LogP contribution in [0.3, 0.4) is 0 Å². The molecule has 0 aliphatic heterocycles. The van der Waals surface area contributed by atoms with Crippen molar-refractivity contribution in [3.63, 3.8) is 0 Å². The van der Waals surface area contributed by atoms with Gasteiger partial charge in [0.15, 0.2) is 0 Å². The van der Waals surface area contributed by atoms with Gasteiger partial charge in [-0.15, -0.1) is 12.4 Å². The molecule has 0 saturated heterocycles. The summed E-state index contributed by atoms with van der Waals surface area (Å²) >= 11 is 3.47. The summed E-state index contributed by atoms with van der Waals surface area (Å²) in [6.45, 7) is 0. The molecule has 0 bridgehead atoms. The molecule has 0 aromatic heterocycles. The molecule has 5 heteroatoms. The van der Waals surface area contributed by atoms with Crippen molar-refractivity contribution in [2.45, 2.75) is 31.7 Å². The fourth-order valence-corrected chi connectivity index (χ4v) is 3.20. The van der Waals surface area contributed by atoms with Gasteiger partial charge < -0.3 is 15.2 Å². The van der Waals surface area contributed by atoms with E-state index in [4.69, 9.17) is 15.2 Å². The van der Waals surface area contributed by atoms with Crippen LogP contribution in [0.2, 0.25) is 0 Å². The SMILES string of the molecule is COc1cc([C@@H](N)C2CCCC2)c(OC)cc1Br.Cl. The summed E-state index contributed by atoms with van der Waals surface area (Å²) in [5.74, 6) is 2.20. The summed E-state index contributed by atoms with van der Waals surface area (Å²) in [7, 11) is 3.34. The summed E-state index contributed by atoms with van der Waals surface area (Å²) in [6, 6.07) is 3.96.